The molecule has 0 aromatic carbocycles. The largest absolute Gasteiger partial charge is 0.365 e. The Bertz CT molecular complexity index is 1040. The van der Waals surface area contributed by atoms with Gasteiger partial charge >= 0.3 is 0 Å². The van der Waals surface area contributed by atoms with Crippen molar-refractivity contribution in [1.29, 1.82) is 0 Å². The van der Waals surface area contributed by atoms with Crippen molar-refractivity contribution in [3.63, 3.8) is 0 Å². The van der Waals surface area contributed by atoms with Gasteiger partial charge in [0.2, 0.25) is 0 Å². The molecule has 1 N–H and O–H groups in total. The lowest BCUT2D eigenvalue weighted by Gasteiger charge is -2.32. The number of likely N-dealkylation sites (tertiary alicyclic amines) is 1. The molecule has 0 radical (unpaired) electrons. The highest BCUT2D eigenvalue weighted by Gasteiger charge is 2.30. The van der Waals surface area contributed by atoms with Gasteiger partial charge in [-0.2, -0.15) is 0 Å². The zero-order chi connectivity index (χ0) is 20.8. The SMILES string of the molecule is Cc1nc(C)c(C(=O)N2CCC(c3nc4ccccn4c3NC(C)(C)C)CC2)s1. The number of imidazole rings is 1. The van der Waals surface area contributed by atoms with Crippen LogP contribution in [0.2, 0.25) is 0 Å². The summed E-state index contributed by atoms with van der Waals surface area (Å²) in [4.78, 5) is 25.1. The Morgan fingerprint density at radius 1 is 1.17 bits per heavy atom. The molecule has 4 heterocycles. The fourth-order valence-corrected chi connectivity index (χ4v) is 4.90. The summed E-state index contributed by atoms with van der Waals surface area (Å²) in [6.45, 7) is 11.9. The van der Waals surface area contributed by atoms with Gasteiger partial charge in [-0.3, -0.25) is 9.20 Å². The van der Waals surface area contributed by atoms with Crippen LogP contribution in [0, 0.1) is 13.8 Å². The van der Waals surface area contributed by atoms with Crippen molar-refractivity contribution < 1.29 is 4.79 Å². The number of pyridine rings is 1. The van der Waals surface area contributed by atoms with Crippen LogP contribution in [0.5, 0.6) is 0 Å². The first-order valence-electron chi connectivity index (χ1n) is 10.2. The Hall–Kier alpha value is -2.41. The second kappa shape index (κ2) is 7.44. The van der Waals surface area contributed by atoms with Crippen molar-refractivity contribution in [2.75, 3.05) is 18.4 Å². The zero-order valence-corrected chi connectivity index (χ0v) is 18.6. The summed E-state index contributed by atoms with van der Waals surface area (Å²) in [5, 5.41) is 4.60. The van der Waals surface area contributed by atoms with Crippen molar-refractivity contribution in [2.24, 2.45) is 0 Å². The Kier molecular flexibility index (Phi) is 5.11. The van der Waals surface area contributed by atoms with Gasteiger partial charge in [0.15, 0.2) is 0 Å². The summed E-state index contributed by atoms with van der Waals surface area (Å²) in [5.74, 6) is 1.54. The summed E-state index contributed by atoms with van der Waals surface area (Å²) >= 11 is 1.50. The Morgan fingerprint density at radius 3 is 2.52 bits per heavy atom. The van der Waals surface area contributed by atoms with Crippen LogP contribution < -0.4 is 5.32 Å². The highest BCUT2D eigenvalue weighted by Crippen LogP contribution is 2.35. The minimum absolute atomic E-state index is 0.0568. The number of hydrogen-bond acceptors (Lipinski definition) is 5. The van der Waals surface area contributed by atoms with Crippen molar-refractivity contribution >= 4 is 28.7 Å². The van der Waals surface area contributed by atoms with Crippen LogP contribution in [-0.2, 0) is 0 Å². The average molecular weight is 412 g/mol. The molecule has 3 aromatic rings. The Morgan fingerprint density at radius 2 is 1.90 bits per heavy atom. The lowest BCUT2D eigenvalue weighted by molar-refractivity contribution is 0.0716. The normalized spacial score (nSPS) is 15.8. The smallest absolute Gasteiger partial charge is 0.265 e. The number of aryl methyl sites for hydroxylation is 2. The van der Waals surface area contributed by atoms with Gasteiger partial charge in [-0.15, -0.1) is 11.3 Å². The molecule has 7 heteroatoms. The van der Waals surface area contributed by atoms with Crippen molar-refractivity contribution in [1.82, 2.24) is 19.3 Å². The maximum Gasteiger partial charge on any atom is 0.265 e. The molecule has 0 atom stereocenters. The van der Waals surface area contributed by atoms with Crippen LogP contribution in [0.15, 0.2) is 24.4 Å². The number of fused-ring (bicyclic) bond motifs is 1. The predicted molar refractivity (Wildman–Crippen MR) is 118 cm³/mol. The third-order valence-electron chi connectivity index (χ3n) is 5.32. The van der Waals surface area contributed by atoms with Gasteiger partial charge in [0.1, 0.15) is 16.3 Å². The van der Waals surface area contributed by atoms with Gasteiger partial charge in [0.25, 0.3) is 5.91 Å². The fourth-order valence-electron chi connectivity index (χ4n) is 4.01. The minimum Gasteiger partial charge on any atom is -0.365 e. The van der Waals surface area contributed by atoms with E-state index in [-0.39, 0.29) is 11.4 Å². The molecule has 1 aliphatic rings. The average Bonchev–Trinajstić information content (AvgIpc) is 3.20. The van der Waals surface area contributed by atoms with Crippen LogP contribution in [0.3, 0.4) is 0 Å². The van der Waals surface area contributed by atoms with E-state index in [1.54, 1.807) is 0 Å². The van der Waals surface area contributed by atoms with Crippen molar-refractivity contribution in [3.05, 3.63) is 45.7 Å². The molecule has 4 rings (SSSR count). The van der Waals surface area contributed by atoms with E-state index in [1.807, 2.05) is 36.9 Å². The van der Waals surface area contributed by atoms with Gasteiger partial charge in [-0.25, -0.2) is 9.97 Å². The minimum atomic E-state index is -0.0568. The molecule has 29 heavy (non-hydrogen) atoms. The molecule has 0 spiro atoms. The van der Waals surface area contributed by atoms with Crippen molar-refractivity contribution in [2.45, 2.75) is 58.9 Å². The van der Waals surface area contributed by atoms with Gasteiger partial charge < -0.3 is 10.2 Å². The number of anilines is 1. The molecular weight excluding hydrogens is 382 g/mol. The molecule has 1 saturated heterocycles. The summed E-state index contributed by atoms with van der Waals surface area (Å²) in [7, 11) is 0. The second-order valence-electron chi connectivity index (χ2n) is 8.86. The van der Waals surface area contributed by atoms with E-state index in [4.69, 9.17) is 4.98 Å². The number of aromatic nitrogens is 3. The third-order valence-corrected chi connectivity index (χ3v) is 6.38. The highest BCUT2D eigenvalue weighted by molar-refractivity contribution is 7.13. The lowest BCUT2D eigenvalue weighted by Crippen LogP contribution is -2.38. The quantitative estimate of drug-likeness (QED) is 0.682. The number of amides is 1. The van der Waals surface area contributed by atoms with E-state index in [9.17, 15) is 4.79 Å². The molecule has 0 unspecified atom stereocenters. The molecular formula is C22H29N5OS. The van der Waals surface area contributed by atoms with Gasteiger partial charge in [-0.05, 0) is 59.6 Å². The second-order valence-corrected chi connectivity index (χ2v) is 10.1. The first-order chi connectivity index (χ1) is 13.7. The van der Waals surface area contributed by atoms with Crippen LogP contribution in [-0.4, -0.2) is 43.8 Å². The first-order valence-corrected chi connectivity index (χ1v) is 11.0. The first kappa shape index (κ1) is 19.9. The number of carbonyl (C=O) groups excluding carboxylic acids is 1. The molecule has 3 aromatic heterocycles. The van der Waals surface area contributed by atoms with E-state index >= 15 is 0 Å². The van der Waals surface area contributed by atoms with Gasteiger partial charge in [0, 0.05) is 30.7 Å². The van der Waals surface area contributed by atoms with Gasteiger partial charge in [-0.1, -0.05) is 6.07 Å². The van der Waals surface area contributed by atoms with Crippen molar-refractivity contribution in [3.8, 4) is 0 Å². The third kappa shape index (κ3) is 4.01. The molecule has 1 aliphatic heterocycles. The van der Waals surface area contributed by atoms with Crippen LogP contribution in [0.4, 0.5) is 5.82 Å². The van der Waals surface area contributed by atoms with Crippen LogP contribution >= 0.6 is 11.3 Å². The predicted octanol–water partition coefficient (Wildman–Crippen LogP) is 4.64. The lowest BCUT2D eigenvalue weighted by atomic mass is 9.93. The number of nitrogens with one attached hydrogen (secondary N) is 1. The van der Waals surface area contributed by atoms with E-state index in [2.05, 4.69) is 41.7 Å². The number of thiazole rings is 1. The molecule has 0 saturated carbocycles. The molecule has 154 valence electrons. The van der Waals surface area contributed by atoms with E-state index in [0.717, 1.165) is 58.7 Å². The fraction of sp³-hybridized carbons (Fsp3) is 0.500. The summed E-state index contributed by atoms with van der Waals surface area (Å²) in [5.41, 5.74) is 2.86. The summed E-state index contributed by atoms with van der Waals surface area (Å²) < 4.78 is 2.14. The topological polar surface area (TPSA) is 62.5 Å². The molecule has 6 nitrogen and oxygen atoms in total. The maximum atomic E-state index is 12.9. The van der Waals surface area contributed by atoms with Gasteiger partial charge in [0.05, 0.1) is 16.4 Å². The number of carbonyl (C=O) groups is 1. The van der Waals surface area contributed by atoms with E-state index in [1.165, 1.54) is 11.3 Å². The summed E-state index contributed by atoms with van der Waals surface area (Å²) in [6.07, 6.45) is 3.91. The standard InChI is InChI=1S/C22H29N5OS/c1-14-19(29-15(2)23-14)21(28)26-12-9-16(10-13-26)18-20(25-22(3,4)5)27-11-7-6-8-17(27)24-18/h6-8,11,16,25H,9-10,12-13H2,1-5H3. The van der Waals surface area contributed by atoms with Crippen LogP contribution in [0.25, 0.3) is 5.65 Å². The van der Waals surface area contributed by atoms with E-state index in [0.29, 0.717) is 5.92 Å². The van der Waals surface area contributed by atoms with Crippen LogP contribution in [0.1, 0.15) is 65.6 Å². The monoisotopic (exact) mass is 411 g/mol. The Labute approximate surface area is 176 Å². The number of hydrogen-bond donors (Lipinski definition) is 1. The molecule has 1 fully saturated rings. The number of rotatable bonds is 3. The maximum absolute atomic E-state index is 12.9. The number of nitrogens with zero attached hydrogens (tertiary/aromatic N) is 4. The molecule has 0 aliphatic carbocycles. The summed E-state index contributed by atoms with van der Waals surface area (Å²) in [6, 6.07) is 6.10. The highest BCUT2D eigenvalue weighted by atomic mass is 32.1. The molecule has 1 amide bonds. The number of piperidine rings is 1. The molecule has 0 bridgehead atoms. The van der Waals surface area contributed by atoms with E-state index < -0.39 is 0 Å². The Balaban J connectivity index is 1.55. The zero-order valence-electron chi connectivity index (χ0n) is 17.8.